The zero-order valence-electron chi connectivity index (χ0n) is 14.7. The van der Waals surface area contributed by atoms with Gasteiger partial charge in [-0.3, -0.25) is 9.40 Å². The van der Waals surface area contributed by atoms with E-state index >= 15 is 0 Å². The zero-order chi connectivity index (χ0) is 19.9. The average molecular weight is 417 g/mol. The lowest BCUT2D eigenvalue weighted by atomic mass is 10.1. The number of imidazole rings is 1. The van der Waals surface area contributed by atoms with Crippen LogP contribution >= 0.6 is 23.2 Å². The van der Waals surface area contributed by atoms with E-state index in [9.17, 15) is 10.1 Å². The molecule has 2 unspecified atom stereocenters. The van der Waals surface area contributed by atoms with Gasteiger partial charge in [-0.05, 0) is 18.6 Å². The number of hydrogen-bond acceptors (Lipinski definition) is 6. The van der Waals surface area contributed by atoms with E-state index in [1.165, 1.54) is 23.3 Å². The highest BCUT2D eigenvalue weighted by Crippen LogP contribution is 2.31. The molecule has 0 N–H and O–H groups in total. The molecule has 1 radical (unpaired) electrons. The van der Waals surface area contributed by atoms with Crippen LogP contribution in [0.1, 0.15) is 31.4 Å². The van der Waals surface area contributed by atoms with Crippen molar-refractivity contribution in [2.45, 2.75) is 31.8 Å². The molecule has 0 spiro atoms. The van der Waals surface area contributed by atoms with Crippen LogP contribution in [0.3, 0.4) is 0 Å². The molecule has 0 amide bonds. The maximum Gasteiger partial charge on any atom is 0.300 e. The van der Waals surface area contributed by atoms with Gasteiger partial charge in [-0.1, -0.05) is 42.6 Å². The van der Waals surface area contributed by atoms with Crippen molar-refractivity contribution in [1.29, 1.82) is 0 Å². The zero-order valence-corrected chi connectivity index (χ0v) is 16.2. The van der Waals surface area contributed by atoms with Gasteiger partial charge in [0.05, 0.1) is 12.9 Å². The van der Waals surface area contributed by atoms with Gasteiger partial charge in [0.2, 0.25) is 0 Å². The van der Waals surface area contributed by atoms with Crippen molar-refractivity contribution in [2.24, 2.45) is 0 Å². The van der Waals surface area contributed by atoms with E-state index in [4.69, 9.17) is 32.7 Å². The molecule has 0 fully saturated rings. The molecule has 27 heavy (non-hydrogen) atoms. The topological polar surface area (TPSA) is 88.6 Å². The highest BCUT2D eigenvalue weighted by Gasteiger charge is 2.34. The van der Waals surface area contributed by atoms with Gasteiger partial charge in [-0.2, -0.15) is 0 Å². The van der Waals surface area contributed by atoms with Crippen LogP contribution in [-0.2, 0) is 20.2 Å². The quantitative estimate of drug-likeness (QED) is 0.233. The second-order valence-corrected chi connectivity index (χ2v) is 6.53. The smallest absolute Gasteiger partial charge is 0.300 e. The molecule has 0 aliphatic rings. The largest absolute Gasteiger partial charge is 0.371 e. The molecule has 0 bridgehead atoms. The first-order valence-corrected chi connectivity index (χ1v) is 8.99. The number of halogens is 2. The molecule has 0 aliphatic carbocycles. The number of hydrogen-bond donors (Lipinski definition) is 0. The van der Waals surface area contributed by atoms with E-state index in [-0.39, 0.29) is 6.61 Å². The summed E-state index contributed by atoms with van der Waals surface area (Å²) in [6, 6.07) is 5.00. The summed E-state index contributed by atoms with van der Waals surface area (Å²) in [5.41, 5.74) is 0.645. The lowest BCUT2D eigenvalue weighted by Gasteiger charge is -2.30. The molecule has 147 valence electrons. The number of benzene rings is 1. The summed E-state index contributed by atoms with van der Waals surface area (Å²) in [5.74, 6) is -1.95. The van der Waals surface area contributed by atoms with E-state index in [1.54, 1.807) is 18.2 Å². The Balaban J connectivity index is 2.21. The Morgan fingerprint density at radius 1 is 1.44 bits per heavy atom. The Morgan fingerprint density at radius 2 is 2.22 bits per heavy atom. The fourth-order valence-corrected chi connectivity index (χ4v) is 2.82. The molecule has 1 aromatic heterocycles. The standard InChI is InChI=1S/C17H20Cl2N3O5/c1-3-4-9-25-16(14-6-5-13(18)10-15(14)19)11-26-17(2,27-22(23)24)21-8-7-20-12-21/h5-8,10,12,16H,2-4,9,11H2,1H3. The summed E-state index contributed by atoms with van der Waals surface area (Å²) in [7, 11) is 0. The third-order valence-corrected chi connectivity index (χ3v) is 4.26. The Bertz CT molecular complexity index is 744. The first-order valence-electron chi connectivity index (χ1n) is 8.23. The predicted octanol–water partition coefficient (Wildman–Crippen LogP) is 4.42. The molecule has 1 heterocycles. The summed E-state index contributed by atoms with van der Waals surface area (Å²) in [4.78, 5) is 19.4. The lowest BCUT2D eigenvalue weighted by molar-refractivity contribution is -0.804. The summed E-state index contributed by atoms with van der Waals surface area (Å²) in [6.45, 7) is 6.09. The van der Waals surface area contributed by atoms with Gasteiger partial charge >= 0.3 is 0 Å². The second kappa shape index (κ2) is 9.89. The third kappa shape index (κ3) is 6.07. The molecule has 2 rings (SSSR count). The first kappa shape index (κ1) is 21.4. The Kier molecular flexibility index (Phi) is 7.85. The Hall–Kier alpha value is -1.87. The molecule has 8 nitrogen and oxygen atoms in total. The van der Waals surface area contributed by atoms with Gasteiger partial charge in [-0.15, -0.1) is 10.1 Å². The van der Waals surface area contributed by atoms with Crippen LogP contribution in [0.25, 0.3) is 0 Å². The minimum atomic E-state index is -1.95. The van der Waals surface area contributed by atoms with E-state index in [2.05, 4.69) is 16.7 Å². The number of aromatic nitrogens is 2. The van der Waals surface area contributed by atoms with Crippen molar-refractivity contribution in [3.05, 3.63) is 69.6 Å². The minimum absolute atomic E-state index is 0.0966. The van der Waals surface area contributed by atoms with Crippen molar-refractivity contribution < 1.29 is 19.4 Å². The van der Waals surface area contributed by atoms with Gasteiger partial charge in [0.25, 0.3) is 11.0 Å². The molecule has 0 saturated heterocycles. The van der Waals surface area contributed by atoms with Crippen molar-refractivity contribution in [3.63, 3.8) is 0 Å². The third-order valence-electron chi connectivity index (χ3n) is 3.70. The van der Waals surface area contributed by atoms with E-state index in [0.29, 0.717) is 22.2 Å². The first-order chi connectivity index (χ1) is 12.9. The molecular formula is C17H20Cl2N3O5. The number of unbranched alkanes of at least 4 members (excludes halogenated alkanes) is 1. The van der Waals surface area contributed by atoms with E-state index in [1.807, 2.05) is 6.92 Å². The molecule has 2 atom stereocenters. The molecular weight excluding hydrogens is 397 g/mol. The molecule has 1 aromatic carbocycles. The lowest BCUT2D eigenvalue weighted by Crippen LogP contribution is -2.39. The fourth-order valence-electron chi connectivity index (χ4n) is 2.29. The van der Waals surface area contributed by atoms with Gasteiger partial charge in [0.1, 0.15) is 6.10 Å². The van der Waals surface area contributed by atoms with Crippen LogP contribution in [-0.4, -0.2) is 27.9 Å². The van der Waals surface area contributed by atoms with Crippen molar-refractivity contribution in [1.82, 2.24) is 9.55 Å². The van der Waals surface area contributed by atoms with Crippen molar-refractivity contribution >= 4 is 23.2 Å². The normalized spacial score (nSPS) is 14.5. The molecule has 0 saturated carbocycles. The van der Waals surface area contributed by atoms with Gasteiger partial charge in [-0.25, -0.2) is 4.98 Å². The van der Waals surface area contributed by atoms with Gasteiger partial charge in [0, 0.05) is 41.5 Å². The molecule has 10 heteroatoms. The summed E-state index contributed by atoms with van der Waals surface area (Å²) in [6.07, 6.45) is 5.36. The summed E-state index contributed by atoms with van der Waals surface area (Å²) in [5, 5.41) is 10.8. The van der Waals surface area contributed by atoms with Crippen molar-refractivity contribution in [3.8, 4) is 0 Å². The number of ether oxygens (including phenoxy) is 2. The van der Waals surface area contributed by atoms with E-state index in [0.717, 1.165) is 12.8 Å². The average Bonchev–Trinajstić information content (AvgIpc) is 3.13. The van der Waals surface area contributed by atoms with Crippen LogP contribution in [0.5, 0.6) is 0 Å². The van der Waals surface area contributed by atoms with Gasteiger partial charge in [0.15, 0.2) is 0 Å². The van der Waals surface area contributed by atoms with Crippen LogP contribution < -0.4 is 0 Å². The monoisotopic (exact) mass is 416 g/mol. The fraction of sp³-hybridized carbons (Fsp3) is 0.412. The van der Waals surface area contributed by atoms with Gasteiger partial charge < -0.3 is 9.47 Å². The summed E-state index contributed by atoms with van der Waals surface area (Å²) >= 11 is 12.2. The Labute approximate surface area is 167 Å². The van der Waals surface area contributed by atoms with Crippen LogP contribution in [0.15, 0.2) is 36.9 Å². The maximum absolute atomic E-state index is 10.9. The summed E-state index contributed by atoms with van der Waals surface area (Å²) < 4.78 is 12.8. The second-order valence-electron chi connectivity index (χ2n) is 5.69. The van der Waals surface area contributed by atoms with Crippen molar-refractivity contribution in [2.75, 3.05) is 13.2 Å². The number of nitrogens with zero attached hydrogens (tertiary/aromatic N) is 3. The highest BCUT2D eigenvalue weighted by atomic mass is 35.5. The van der Waals surface area contributed by atoms with E-state index < -0.39 is 17.1 Å². The molecule has 2 aromatic rings. The van der Waals surface area contributed by atoms with Crippen LogP contribution in [0, 0.1) is 17.0 Å². The SMILES string of the molecule is [CH2]C(OCC(OCCCC)c1ccc(Cl)cc1Cl)(O[N+](=O)[O-])n1ccnc1. The predicted molar refractivity (Wildman–Crippen MR) is 99.7 cm³/mol. The number of rotatable bonds is 11. The Morgan fingerprint density at radius 3 is 2.81 bits per heavy atom. The maximum atomic E-state index is 10.9. The van der Waals surface area contributed by atoms with Crippen LogP contribution in [0.4, 0.5) is 0 Å². The highest BCUT2D eigenvalue weighted by molar-refractivity contribution is 6.35. The minimum Gasteiger partial charge on any atom is -0.371 e. The molecule has 0 aliphatic heterocycles. The van der Waals surface area contributed by atoms with Crippen LogP contribution in [0.2, 0.25) is 10.0 Å².